The Hall–Kier alpha value is -2.06. The topological polar surface area (TPSA) is 54.9 Å². The van der Waals surface area contributed by atoms with Gasteiger partial charge in [0.05, 0.1) is 15.2 Å². The Morgan fingerprint density at radius 2 is 1.87 bits per heavy atom. The molecule has 1 aliphatic rings. The van der Waals surface area contributed by atoms with E-state index in [0.29, 0.717) is 33.8 Å². The molecule has 1 amide bonds. The van der Waals surface area contributed by atoms with Crippen molar-refractivity contribution in [2.24, 2.45) is 0 Å². The molecule has 3 aromatic rings. The van der Waals surface area contributed by atoms with Crippen molar-refractivity contribution in [3.05, 3.63) is 46.5 Å². The number of aromatic nitrogens is 1. The number of hydrogen-bond donors (Lipinski definition) is 0. The predicted octanol–water partition coefficient (Wildman–Crippen LogP) is 5.40. The van der Waals surface area contributed by atoms with Crippen LogP contribution in [0.2, 0.25) is 5.02 Å². The van der Waals surface area contributed by atoms with Crippen LogP contribution in [0.5, 0.6) is 11.5 Å². The zero-order valence-corrected chi connectivity index (χ0v) is 20.1. The fourth-order valence-corrected chi connectivity index (χ4v) is 4.80. The number of rotatable bonds is 7. The molecule has 0 atom stereocenters. The van der Waals surface area contributed by atoms with Gasteiger partial charge >= 0.3 is 0 Å². The molecule has 0 N–H and O–H groups in total. The molecule has 0 saturated heterocycles. The van der Waals surface area contributed by atoms with Gasteiger partial charge < -0.3 is 14.4 Å². The second-order valence-corrected chi connectivity index (χ2v) is 8.47. The monoisotopic (exact) mass is 481 g/mol. The van der Waals surface area contributed by atoms with Crippen molar-refractivity contribution in [3.8, 4) is 11.5 Å². The largest absolute Gasteiger partial charge is 0.454 e. The van der Waals surface area contributed by atoms with E-state index in [9.17, 15) is 4.79 Å². The van der Waals surface area contributed by atoms with Crippen LogP contribution in [0, 0.1) is 6.92 Å². The van der Waals surface area contributed by atoms with Gasteiger partial charge in [-0.25, -0.2) is 4.98 Å². The number of carbonyl (C=O) groups is 1. The van der Waals surface area contributed by atoms with Crippen molar-refractivity contribution in [3.63, 3.8) is 0 Å². The zero-order valence-electron chi connectivity index (χ0n) is 17.7. The van der Waals surface area contributed by atoms with Crippen LogP contribution in [-0.2, 0) is 0 Å². The number of aryl methyl sites for hydroxylation is 1. The Bertz CT molecular complexity index is 1050. The van der Waals surface area contributed by atoms with Crippen molar-refractivity contribution in [1.82, 2.24) is 9.88 Å². The summed E-state index contributed by atoms with van der Waals surface area (Å²) in [6.07, 6.45) is 0. The first-order valence-electron chi connectivity index (χ1n) is 10.0. The summed E-state index contributed by atoms with van der Waals surface area (Å²) in [6, 6.07) is 9.11. The van der Waals surface area contributed by atoms with Gasteiger partial charge in [0, 0.05) is 18.7 Å². The number of halogens is 2. The molecule has 1 aromatic heterocycles. The highest BCUT2D eigenvalue weighted by molar-refractivity contribution is 7.23. The molecule has 0 bridgehead atoms. The van der Waals surface area contributed by atoms with Gasteiger partial charge in [-0.15, -0.1) is 12.4 Å². The van der Waals surface area contributed by atoms with Crippen LogP contribution in [0.4, 0.5) is 5.13 Å². The highest BCUT2D eigenvalue weighted by Crippen LogP contribution is 2.37. The third-order valence-corrected chi connectivity index (χ3v) is 6.85. The summed E-state index contributed by atoms with van der Waals surface area (Å²) in [4.78, 5) is 22.3. The summed E-state index contributed by atoms with van der Waals surface area (Å²) in [5, 5.41) is 1.30. The summed E-state index contributed by atoms with van der Waals surface area (Å²) >= 11 is 7.86. The maximum absolute atomic E-state index is 13.5. The Kier molecular flexibility index (Phi) is 7.64. The average molecular weight is 482 g/mol. The van der Waals surface area contributed by atoms with Crippen LogP contribution >= 0.6 is 35.3 Å². The van der Waals surface area contributed by atoms with Crippen molar-refractivity contribution < 1.29 is 14.3 Å². The smallest absolute Gasteiger partial charge is 0.260 e. The molecule has 0 saturated carbocycles. The lowest BCUT2D eigenvalue weighted by atomic mass is 10.1. The van der Waals surface area contributed by atoms with E-state index in [1.807, 2.05) is 19.1 Å². The quantitative estimate of drug-likeness (QED) is 0.452. The maximum Gasteiger partial charge on any atom is 0.260 e. The van der Waals surface area contributed by atoms with E-state index in [4.69, 9.17) is 26.1 Å². The molecule has 4 rings (SSSR count). The van der Waals surface area contributed by atoms with Gasteiger partial charge in [0.15, 0.2) is 16.6 Å². The normalized spacial score (nSPS) is 12.3. The minimum atomic E-state index is -0.117. The van der Waals surface area contributed by atoms with E-state index in [1.54, 1.807) is 23.1 Å². The summed E-state index contributed by atoms with van der Waals surface area (Å²) < 4.78 is 11.7. The van der Waals surface area contributed by atoms with Gasteiger partial charge in [0.1, 0.15) is 0 Å². The Balaban J connectivity index is 0.00000272. The lowest BCUT2D eigenvalue weighted by molar-refractivity contribution is 0.0983. The van der Waals surface area contributed by atoms with Gasteiger partial charge in [-0.2, -0.15) is 0 Å². The number of nitrogens with zero attached hydrogens (tertiary/aromatic N) is 3. The van der Waals surface area contributed by atoms with Gasteiger partial charge in [-0.05, 0) is 49.8 Å². The predicted molar refractivity (Wildman–Crippen MR) is 129 cm³/mol. The first-order valence-corrected chi connectivity index (χ1v) is 11.2. The van der Waals surface area contributed by atoms with Crippen molar-refractivity contribution in [1.29, 1.82) is 0 Å². The fraction of sp³-hybridized carbons (Fsp3) is 0.364. The molecule has 2 heterocycles. The molecule has 166 valence electrons. The Labute approximate surface area is 197 Å². The molecule has 1 aliphatic heterocycles. The second-order valence-electron chi connectivity index (χ2n) is 7.09. The third kappa shape index (κ3) is 4.75. The highest BCUT2D eigenvalue weighted by Gasteiger charge is 2.25. The van der Waals surface area contributed by atoms with Crippen LogP contribution in [-0.4, -0.2) is 48.8 Å². The lowest BCUT2D eigenvalue weighted by Gasteiger charge is -2.24. The summed E-state index contributed by atoms with van der Waals surface area (Å²) in [7, 11) is 0. The molecule has 0 fully saturated rings. The van der Waals surface area contributed by atoms with Crippen LogP contribution in [0.25, 0.3) is 10.2 Å². The van der Waals surface area contributed by atoms with Crippen molar-refractivity contribution in [2.75, 3.05) is 37.9 Å². The third-order valence-electron chi connectivity index (χ3n) is 5.32. The number of fused-ring (bicyclic) bond motifs is 2. The number of thiazole rings is 1. The first-order chi connectivity index (χ1) is 14.5. The zero-order chi connectivity index (χ0) is 21.3. The van der Waals surface area contributed by atoms with Gasteiger partial charge in [0.2, 0.25) is 6.79 Å². The molecular formula is C22H25Cl2N3O3S. The number of carbonyl (C=O) groups excluding carboxylic acids is 1. The maximum atomic E-state index is 13.5. The molecule has 0 radical (unpaired) electrons. The first kappa shape index (κ1) is 23.6. The number of likely N-dealkylation sites (N-methyl/N-ethyl adjacent to an activating group) is 1. The minimum absolute atomic E-state index is 0. The second kappa shape index (κ2) is 10.0. The Morgan fingerprint density at radius 1 is 1.13 bits per heavy atom. The summed E-state index contributed by atoms with van der Waals surface area (Å²) in [5.41, 5.74) is 2.42. The number of ether oxygens (including phenoxy) is 2. The molecule has 6 nitrogen and oxygen atoms in total. The van der Waals surface area contributed by atoms with E-state index in [-0.39, 0.29) is 25.1 Å². The van der Waals surface area contributed by atoms with Gasteiger partial charge in [-0.3, -0.25) is 9.69 Å². The van der Waals surface area contributed by atoms with Gasteiger partial charge in [0.25, 0.3) is 5.91 Å². The molecule has 9 heteroatoms. The number of amides is 1. The molecule has 0 aliphatic carbocycles. The standard InChI is InChI=1S/C22H24ClN3O3S.ClH/c1-4-25(5-2)10-11-26(21(27)15-7-9-17-18(12-15)29-13-28-17)22-24-19-14(3)6-8-16(23)20(19)30-22;/h6-9,12H,4-5,10-11,13H2,1-3H3;1H. The van der Waals surface area contributed by atoms with Crippen LogP contribution in [0.3, 0.4) is 0 Å². The van der Waals surface area contributed by atoms with E-state index < -0.39 is 0 Å². The van der Waals surface area contributed by atoms with Crippen LogP contribution in [0.1, 0.15) is 29.8 Å². The van der Waals surface area contributed by atoms with E-state index in [1.165, 1.54) is 11.3 Å². The van der Waals surface area contributed by atoms with E-state index in [2.05, 4.69) is 18.7 Å². The van der Waals surface area contributed by atoms with E-state index in [0.717, 1.165) is 35.4 Å². The SMILES string of the molecule is CCN(CC)CCN(C(=O)c1ccc2c(c1)OCO2)c1nc2c(C)ccc(Cl)c2s1.Cl. The summed E-state index contributed by atoms with van der Waals surface area (Å²) in [5.74, 6) is 1.13. The van der Waals surface area contributed by atoms with Crippen molar-refractivity contribution >= 4 is 56.6 Å². The Morgan fingerprint density at radius 3 is 2.58 bits per heavy atom. The number of benzene rings is 2. The van der Waals surface area contributed by atoms with Crippen LogP contribution in [0.15, 0.2) is 30.3 Å². The highest BCUT2D eigenvalue weighted by atomic mass is 35.5. The molecule has 2 aromatic carbocycles. The minimum Gasteiger partial charge on any atom is -0.454 e. The molecule has 0 spiro atoms. The fourth-order valence-electron chi connectivity index (χ4n) is 3.46. The van der Waals surface area contributed by atoms with Crippen molar-refractivity contribution in [2.45, 2.75) is 20.8 Å². The van der Waals surface area contributed by atoms with E-state index >= 15 is 0 Å². The number of anilines is 1. The molecular weight excluding hydrogens is 457 g/mol. The summed E-state index contributed by atoms with van der Waals surface area (Å²) in [6.45, 7) is 9.55. The lowest BCUT2D eigenvalue weighted by Crippen LogP contribution is -2.38. The van der Waals surface area contributed by atoms with Crippen LogP contribution < -0.4 is 14.4 Å². The molecule has 31 heavy (non-hydrogen) atoms. The number of hydrogen-bond acceptors (Lipinski definition) is 6. The van der Waals surface area contributed by atoms with Gasteiger partial charge in [-0.1, -0.05) is 42.9 Å². The average Bonchev–Trinajstić information content (AvgIpc) is 3.41. The molecule has 0 unspecified atom stereocenters.